The molecule has 3 heteroatoms. The van der Waals surface area contributed by atoms with E-state index in [1.165, 1.54) is 0 Å². The number of carbonyl (C=O) groups excluding carboxylic acids is 2. The minimum Gasteiger partial charge on any atom is -0.462 e. The molecule has 4 aliphatic rings. The average Bonchev–Trinajstić information content (AvgIpc) is 3.13. The SMILES string of the molecule is [2H]C([2H])([2H])[C@]12CCC(=O)C=C1CC[C@H]1[C@@H]3CC[C@H](OC(=O)CCc4ccccc4)[C@@]3(C)CC[C@@H]12. The van der Waals surface area contributed by atoms with Gasteiger partial charge in [0.15, 0.2) is 5.78 Å². The lowest BCUT2D eigenvalue weighted by atomic mass is 9.47. The van der Waals surface area contributed by atoms with Crippen molar-refractivity contribution in [1.29, 1.82) is 0 Å². The number of ether oxygens (including phenoxy) is 1. The number of aryl methyl sites for hydroxylation is 1. The number of ketones is 1. The second-order valence-corrected chi connectivity index (χ2v) is 10.6. The Hall–Kier alpha value is -1.90. The van der Waals surface area contributed by atoms with Crippen LogP contribution in [0.3, 0.4) is 0 Å². The average molecular weight is 424 g/mol. The van der Waals surface area contributed by atoms with Crippen LogP contribution in [0.4, 0.5) is 0 Å². The van der Waals surface area contributed by atoms with Crippen LogP contribution in [0, 0.1) is 28.6 Å². The van der Waals surface area contributed by atoms with Crippen molar-refractivity contribution < 1.29 is 18.4 Å². The Morgan fingerprint density at radius 3 is 2.74 bits per heavy atom. The molecule has 1 aromatic rings. The second-order valence-electron chi connectivity index (χ2n) is 10.6. The number of esters is 1. The van der Waals surface area contributed by atoms with Crippen molar-refractivity contribution >= 4 is 11.8 Å². The molecule has 0 aromatic heterocycles. The number of rotatable bonds is 4. The Balaban J connectivity index is 1.32. The van der Waals surface area contributed by atoms with Crippen LogP contribution >= 0.6 is 0 Å². The van der Waals surface area contributed by atoms with Crippen LogP contribution in [-0.4, -0.2) is 17.9 Å². The number of allylic oxidation sites excluding steroid dienone is 1. The van der Waals surface area contributed by atoms with Gasteiger partial charge in [-0.2, -0.15) is 0 Å². The zero-order chi connectivity index (χ0) is 24.1. The molecule has 3 fully saturated rings. The number of carbonyl (C=O) groups is 2. The first-order valence-corrected chi connectivity index (χ1v) is 12.1. The second kappa shape index (κ2) is 7.90. The monoisotopic (exact) mass is 423 g/mol. The number of benzene rings is 1. The molecule has 0 aliphatic heterocycles. The Kier molecular flexibility index (Phi) is 4.50. The van der Waals surface area contributed by atoms with E-state index < -0.39 is 12.3 Å². The molecule has 0 unspecified atom stereocenters. The predicted octanol–water partition coefficient (Wildman–Crippen LogP) is 6.06. The van der Waals surface area contributed by atoms with E-state index in [1.807, 2.05) is 30.3 Å². The molecule has 0 spiro atoms. The van der Waals surface area contributed by atoms with Gasteiger partial charge in [0.2, 0.25) is 0 Å². The fourth-order valence-electron chi connectivity index (χ4n) is 7.47. The molecule has 0 saturated heterocycles. The minimum absolute atomic E-state index is 0.0809. The first-order chi connectivity index (χ1) is 16.1. The zero-order valence-electron chi connectivity index (χ0n) is 21.6. The van der Waals surface area contributed by atoms with E-state index in [0.717, 1.165) is 43.2 Å². The highest BCUT2D eigenvalue weighted by Gasteiger charge is 2.59. The maximum atomic E-state index is 12.7. The molecular weight excluding hydrogens is 384 g/mol. The smallest absolute Gasteiger partial charge is 0.306 e. The van der Waals surface area contributed by atoms with Crippen molar-refractivity contribution in [3.63, 3.8) is 0 Å². The van der Waals surface area contributed by atoms with Gasteiger partial charge in [-0.05, 0) is 86.2 Å². The summed E-state index contributed by atoms with van der Waals surface area (Å²) < 4.78 is 31.7. The highest BCUT2D eigenvalue weighted by molar-refractivity contribution is 5.91. The molecule has 31 heavy (non-hydrogen) atoms. The Labute approximate surface area is 190 Å². The summed E-state index contributed by atoms with van der Waals surface area (Å²) in [6.07, 6.45) is 8.67. The number of fused-ring (bicyclic) bond motifs is 5. The summed E-state index contributed by atoms with van der Waals surface area (Å²) in [4.78, 5) is 24.9. The summed E-state index contributed by atoms with van der Waals surface area (Å²) in [5, 5.41) is 0. The molecule has 0 N–H and O–H groups in total. The van der Waals surface area contributed by atoms with Gasteiger partial charge in [-0.3, -0.25) is 9.59 Å². The van der Waals surface area contributed by atoms with E-state index >= 15 is 0 Å². The van der Waals surface area contributed by atoms with Crippen LogP contribution in [0.1, 0.15) is 81.2 Å². The molecule has 0 heterocycles. The molecule has 1 aromatic carbocycles. The first kappa shape index (κ1) is 17.6. The van der Waals surface area contributed by atoms with E-state index in [-0.39, 0.29) is 29.2 Å². The summed E-state index contributed by atoms with van der Waals surface area (Å²) in [6, 6.07) is 10.0. The highest BCUT2D eigenvalue weighted by atomic mass is 16.5. The maximum Gasteiger partial charge on any atom is 0.306 e. The molecule has 6 atom stereocenters. The van der Waals surface area contributed by atoms with Gasteiger partial charge in [0.25, 0.3) is 0 Å². The topological polar surface area (TPSA) is 43.4 Å². The Morgan fingerprint density at radius 2 is 1.94 bits per heavy atom. The minimum atomic E-state index is -2.10. The summed E-state index contributed by atoms with van der Waals surface area (Å²) in [6.45, 7) is 0.173. The van der Waals surface area contributed by atoms with Gasteiger partial charge in [-0.25, -0.2) is 0 Å². The van der Waals surface area contributed by atoms with Gasteiger partial charge >= 0.3 is 5.97 Å². The standard InChI is InChI=1S/C28H36O3/c1-27-16-14-21(29)18-20(27)9-10-22-23-11-12-25(28(23,2)17-15-24(22)27)31-26(30)13-8-19-6-4-3-5-7-19/h3-7,18,22-25H,8-17H2,1-2H3/t22-,23-,24-,25-,27-,28-/m0/s1/i1D3. The third-order valence-corrected chi connectivity index (χ3v) is 9.14. The molecule has 0 radical (unpaired) electrons. The van der Waals surface area contributed by atoms with Gasteiger partial charge in [0.05, 0.1) is 0 Å². The van der Waals surface area contributed by atoms with Crippen molar-refractivity contribution in [2.45, 2.75) is 84.1 Å². The molecule has 4 aliphatic carbocycles. The molecule has 0 amide bonds. The number of hydrogen-bond acceptors (Lipinski definition) is 3. The fourth-order valence-corrected chi connectivity index (χ4v) is 7.47. The van der Waals surface area contributed by atoms with Gasteiger partial charge in [0.1, 0.15) is 6.10 Å². The fraction of sp³-hybridized carbons (Fsp3) is 0.643. The lowest BCUT2D eigenvalue weighted by Gasteiger charge is -2.57. The number of hydrogen-bond donors (Lipinski definition) is 0. The molecule has 0 bridgehead atoms. The predicted molar refractivity (Wildman–Crippen MR) is 121 cm³/mol. The lowest BCUT2D eigenvalue weighted by Crippen LogP contribution is -2.51. The Morgan fingerprint density at radius 1 is 1.10 bits per heavy atom. The molecule has 3 saturated carbocycles. The van der Waals surface area contributed by atoms with Gasteiger partial charge in [-0.15, -0.1) is 0 Å². The van der Waals surface area contributed by atoms with Crippen molar-refractivity contribution in [3.8, 4) is 0 Å². The van der Waals surface area contributed by atoms with E-state index in [0.29, 0.717) is 43.9 Å². The Bertz CT molecular complexity index is 984. The molecule has 5 rings (SSSR count). The van der Waals surface area contributed by atoms with E-state index in [9.17, 15) is 9.59 Å². The van der Waals surface area contributed by atoms with Crippen LogP contribution in [-0.2, 0) is 20.7 Å². The largest absolute Gasteiger partial charge is 0.462 e. The van der Waals surface area contributed by atoms with Crippen LogP contribution in [0.2, 0.25) is 0 Å². The normalized spacial score (nSPS) is 41.0. The summed E-state index contributed by atoms with van der Waals surface area (Å²) in [7, 11) is 0. The van der Waals surface area contributed by atoms with Crippen molar-refractivity contribution in [2.75, 3.05) is 0 Å². The van der Waals surface area contributed by atoms with E-state index in [2.05, 4.69) is 6.92 Å². The van der Waals surface area contributed by atoms with Gasteiger partial charge < -0.3 is 4.74 Å². The quantitative estimate of drug-likeness (QED) is 0.553. The zero-order valence-corrected chi connectivity index (χ0v) is 18.6. The highest BCUT2D eigenvalue weighted by Crippen LogP contribution is 2.65. The summed E-state index contributed by atoms with van der Waals surface area (Å²) in [5.74, 6) is 0.724. The van der Waals surface area contributed by atoms with Gasteiger partial charge in [0, 0.05) is 22.4 Å². The lowest BCUT2D eigenvalue weighted by molar-refractivity contribution is -0.159. The van der Waals surface area contributed by atoms with Crippen molar-refractivity contribution in [2.24, 2.45) is 28.6 Å². The van der Waals surface area contributed by atoms with Crippen LogP contribution < -0.4 is 0 Å². The van der Waals surface area contributed by atoms with Crippen molar-refractivity contribution in [1.82, 2.24) is 0 Å². The summed E-state index contributed by atoms with van der Waals surface area (Å²) in [5.41, 5.74) is 1.08. The van der Waals surface area contributed by atoms with Crippen molar-refractivity contribution in [3.05, 3.63) is 47.5 Å². The van der Waals surface area contributed by atoms with Crippen LogP contribution in [0.5, 0.6) is 0 Å². The van der Waals surface area contributed by atoms with E-state index in [4.69, 9.17) is 8.85 Å². The third-order valence-electron chi connectivity index (χ3n) is 9.14. The van der Waals surface area contributed by atoms with Crippen LogP contribution in [0.15, 0.2) is 42.0 Å². The van der Waals surface area contributed by atoms with Crippen LogP contribution in [0.25, 0.3) is 0 Å². The van der Waals surface area contributed by atoms with Gasteiger partial charge in [-0.1, -0.05) is 49.7 Å². The maximum absolute atomic E-state index is 12.7. The van der Waals surface area contributed by atoms with E-state index in [1.54, 1.807) is 6.08 Å². The summed E-state index contributed by atoms with van der Waals surface area (Å²) >= 11 is 0. The molecule has 3 nitrogen and oxygen atoms in total. The third kappa shape index (κ3) is 3.58. The molecule has 166 valence electrons. The molecular formula is C28H36O3. The first-order valence-electron chi connectivity index (χ1n) is 13.6.